The first-order valence-corrected chi connectivity index (χ1v) is 10.0. The monoisotopic (exact) mass is 424 g/mol. The molecule has 0 bridgehead atoms. The summed E-state index contributed by atoms with van der Waals surface area (Å²) in [7, 11) is 3.18. The number of hydrogen-bond donors (Lipinski definition) is 1. The smallest absolute Gasteiger partial charge is 0.258 e. The zero-order valence-electron chi connectivity index (χ0n) is 15.7. The van der Waals surface area contributed by atoms with E-state index in [-0.39, 0.29) is 5.91 Å². The fourth-order valence-electron chi connectivity index (χ4n) is 3.09. The third-order valence-electron chi connectivity index (χ3n) is 4.52. The van der Waals surface area contributed by atoms with Crippen LogP contribution in [0.4, 0.5) is 5.13 Å². The summed E-state index contributed by atoms with van der Waals surface area (Å²) in [5, 5.41) is 7.53. The highest BCUT2D eigenvalue weighted by molar-refractivity contribution is 7.14. The first-order valence-electron chi connectivity index (χ1n) is 8.77. The second-order valence-electron chi connectivity index (χ2n) is 6.20. The molecule has 0 saturated heterocycles. The van der Waals surface area contributed by atoms with Crippen LogP contribution in [-0.2, 0) is 0 Å². The van der Waals surface area contributed by atoms with Gasteiger partial charge in [-0.2, -0.15) is 0 Å². The van der Waals surface area contributed by atoms with Crippen molar-refractivity contribution in [1.82, 2.24) is 4.98 Å². The standard InChI is InChI=1S/C22H17ClN2O3S/c1-27-19-10-9-13(11-20(19)28-2)18-12-29-22(24-18)25-21(26)16-7-3-6-15-14(16)5-4-8-17(15)23/h3-12H,1-2H3,(H,24,25,26). The van der Waals surface area contributed by atoms with Crippen LogP contribution in [0.15, 0.2) is 60.0 Å². The number of aromatic nitrogens is 1. The summed E-state index contributed by atoms with van der Waals surface area (Å²) in [4.78, 5) is 17.4. The molecule has 0 unspecified atom stereocenters. The lowest BCUT2D eigenvalue weighted by Crippen LogP contribution is -2.12. The van der Waals surface area contributed by atoms with Gasteiger partial charge in [-0.1, -0.05) is 35.9 Å². The molecule has 0 aliphatic rings. The molecule has 29 heavy (non-hydrogen) atoms. The van der Waals surface area contributed by atoms with Gasteiger partial charge >= 0.3 is 0 Å². The van der Waals surface area contributed by atoms with Gasteiger partial charge in [0, 0.05) is 26.9 Å². The Bertz CT molecular complexity index is 1210. The maximum absolute atomic E-state index is 12.8. The van der Waals surface area contributed by atoms with Crippen LogP contribution in [-0.4, -0.2) is 25.1 Å². The number of fused-ring (bicyclic) bond motifs is 1. The van der Waals surface area contributed by atoms with Gasteiger partial charge in [-0.3, -0.25) is 10.1 Å². The summed E-state index contributed by atoms with van der Waals surface area (Å²) in [6, 6.07) is 16.6. The summed E-state index contributed by atoms with van der Waals surface area (Å²) < 4.78 is 10.6. The van der Waals surface area contributed by atoms with E-state index < -0.39 is 0 Å². The van der Waals surface area contributed by atoms with E-state index in [1.54, 1.807) is 20.3 Å². The molecule has 3 aromatic carbocycles. The minimum atomic E-state index is -0.230. The number of nitrogens with zero attached hydrogens (tertiary/aromatic N) is 1. The first kappa shape index (κ1) is 19.2. The Balaban J connectivity index is 1.60. The summed E-state index contributed by atoms with van der Waals surface area (Å²) in [6.45, 7) is 0. The molecule has 0 atom stereocenters. The number of benzene rings is 3. The van der Waals surface area contributed by atoms with Gasteiger partial charge in [-0.25, -0.2) is 4.98 Å². The molecule has 0 saturated carbocycles. The number of methoxy groups -OCH3 is 2. The molecule has 1 heterocycles. The van der Waals surface area contributed by atoms with Crippen molar-refractivity contribution in [2.24, 2.45) is 0 Å². The Morgan fingerprint density at radius 2 is 1.76 bits per heavy atom. The second kappa shape index (κ2) is 8.11. The molecule has 7 heteroatoms. The van der Waals surface area contributed by atoms with E-state index in [0.717, 1.165) is 22.0 Å². The lowest BCUT2D eigenvalue weighted by molar-refractivity contribution is 0.102. The third kappa shape index (κ3) is 3.77. The number of amides is 1. The van der Waals surface area contributed by atoms with E-state index in [2.05, 4.69) is 10.3 Å². The summed E-state index contributed by atoms with van der Waals surface area (Å²) in [5.41, 5.74) is 2.16. The largest absolute Gasteiger partial charge is 0.493 e. The van der Waals surface area contributed by atoms with E-state index in [0.29, 0.717) is 27.2 Å². The van der Waals surface area contributed by atoms with Crippen LogP contribution in [0, 0.1) is 0 Å². The van der Waals surface area contributed by atoms with Crippen LogP contribution in [0.2, 0.25) is 5.02 Å². The SMILES string of the molecule is COc1ccc(-c2csc(NC(=O)c3cccc4c(Cl)cccc34)n2)cc1OC. The van der Waals surface area contributed by atoms with Gasteiger partial charge in [0.1, 0.15) is 0 Å². The highest BCUT2D eigenvalue weighted by Crippen LogP contribution is 2.34. The lowest BCUT2D eigenvalue weighted by Gasteiger charge is -2.08. The molecule has 4 rings (SSSR count). The van der Waals surface area contributed by atoms with Crippen molar-refractivity contribution in [3.63, 3.8) is 0 Å². The van der Waals surface area contributed by atoms with Crippen molar-refractivity contribution in [3.8, 4) is 22.8 Å². The van der Waals surface area contributed by atoms with Gasteiger partial charge < -0.3 is 9.47 Å². The third-order valence-corrected chi connectivity index (χ3v) is 5.60. The Morgan fingerprint density at radius 3 is 2.55 bits per heavy atom. The molecule has 5 nitrogen and oxygen atoms in total. The summed E-state index contributed by atoms with van der Waals surface area (Å²) >= 11 is 7.61. The van der Waals surface area contributed by atoms with Crippen LogP contribution >= 0.6 is 22.9 Å². The molecule has 0 fully saturated rings. The minimum absolute atomic E-state index is 0.230. The predicted octanol–water partition coefficient (Wildman–Crippen LogP) is 5.89. The summed E-state index contributed by atoms with van der Waals surface area (Å²) in [5.74, 6) is 1.04. The van der Waals surface area contributed by atoms with E-state index in [1.165, 1.54) is 11.3 Å². The topological polar surface area (TPSA) is 60.5 Å². The molecule has 1 amide bonds. The zero-order chi connectivity index (χ0) is 20.4. The molecule has 1 aromatic heterocycles. The van der Waals surface area contributed by atoms with Gasteiger partial charge in [-0.15, -0.1) is 11.3 Å². The average Bonchev–Trinajstić information content (AvgIpc) is 3.21. The number of anilines is 1. The zero-order valence-corrected chi connectivity index (χ0v) is 17.3. The van der Waals surface area contributed by atoms with Crippen LogP contribution < -0.4 is 14.8 Å². The maximum Gasteiger partial charge on any atom is 0.258 e. The van der Waals surface area contributed by atoms with Crippen molar-refractivity contribution in [3.05, 3.63) is 70.6 Å². The molecular weight excluding hydrogens is 408 g/mol. The number of rotatable bonds is 5. The van der Waals surface area contributed by atoms with Crippen molar-refractivity contribution in [2.75, 3.05) is 19.5 Å². The molecular formula is C22H17ClN2O3S. The van der Waals surface area contributed by atoms with Crippen LogP contribution in [0.3, 0.4) is 0 Å². The van der Waals surface area contributed by atoms with Crippen molar-refractivity contribution < 1.29 is 14.3 Å². The highest BCUT2D eigenvalue weighted by atomic mass is 35.5. The predicted molar refractivity (Wildman–Crippen MR) is 118 cm³/mol. The fourth-order valence-corrected chi connectivity index (χ4v) is 4.05. The Hall–Kier alpha value is -3.09. The quantitative estimate of drug-likeness (QED) is 0.434. The van der Waals surface area contributed by atoms with Crippen LogP contribution in [0.1, 0.15) is 10.4 Å². The van der Waals surface area contributed by atoms with Crippen molar-refractivity contribution >= 4 is 44.7 Å². The van der Waals surface area contributed by atoms with Gasteiger partial charge in [0.25, 0.3) is 5.91 Å². The molecule has 0 aliphatic heterocycles. The Kier molecular flexibility index (Phi) is 5.38. The van der Waals surface area contributed by atoms with E-state index in [1.807, 2.05) is 53.9 Å². The van der Waals surface area contributed by atoms with E-state index in [9.17, 15) is 4.79 Å². The first-order chi connectivity index (χ1) is 14.1. The number of hydrogen-bond acceptors (Lipinski definition) is 5. The number of nitrogens with one attached hydrogen (secondary N) is 1. The van der Waals surface area contributed by atoms with Gasteiger partial charge in [0.2, 0.25) is 0 Å². The van der Waals surface area contributed by atoms with Crippen molar-refractivity contribution in [2.45, 2.75) is 0 Å². The second-order valence-corrected chi connectivity index (χ2v) is 7.47. The van der Waals surface area contributed by atoms with Crippen LogP contribution in [0.25, 0.3) is 22.0 Å². The molecule has 0 radical (unpaired) electrons. The Labute approximate surface area is 176 Å². The number of carbonyl (C=O) groups excluding carboxylic acids is 1. The van der Waals surface area contributed by atoms with Crippen molar-refractivity contribution in [1.29, 1.82) is 0 Å². The Morgan fingerprint density at radius 1 is 1.00 bits per heavy atom. The van der Waals surface area contributed by atoms with Gasteiger partial charge in [-0.05, 0) is 35.7 Å². The fraction of sp³-hybridized carbons (Fsp3) is 0.0909. The molecule has 0 spiro atoms. The number of thiazole rings is 1. The van der Waals surface area contributed by atoms with Gasteiger partial charge in [0.15, 0.2) is 16.6 Å². The average molecular weight is 425 g/mol. The van der Waals surface area contributed by atoms with Crippen LogP contribution in [0.5, 0.6) is 11.5 Å². The van der Waals surface area contributed by atoms with E-state index >= 15 is 0 Å². The number of halogens is 1. The highest BCUT2D eigenvalue weighted by Gasteiger charge is 2.14. The van der Waals surface area contributed by atoms with Gasteiger partial charge in [0.05, 0.1) is 19.9 Å². The van der Waals surface area contributed by atoms with E-state index in [4.69, 9.17) is 21.1 Å². The number of ether oxygens (including phenoxy) is 2. The normalized spacial score (nSPS) is 10.7. The molecule has 0 aliphatic carbocycles. The molecule has 1 N–H and O–H groups in total. The summed E-state index contributed by atoms with van der Waals surface area (Å²) in [6.07, 6.45) is 0. The maximum atomic E-state index is 12.8. The molecule has 4 aromatic rings. The lowest BCUT2D eigenvalue weighted by atomic mass is 10.0. The number of carbonyl (C=O) groups is 1. The minimum Gasteiger partial charge on any atom is -0.493 e. The molecule has 146 valence electrons.